The van der Waals surface area contributed by atoms with Gasteiger partial charge in [-0.05, 0) is 52.4 Å². The van der Waals surface area contributed by atoms with Crippen molar-refractivity contribution in [1.82, 2.24) is 9.80 Å². The van der Waals surface area contributed by atoms with E-state index in [0.717, 1.165) is 25.7 Å². The van der Waals surface area contributed by atoms with Gasteiger partial charge in [0.15, 0.2) is 0 Å². The summed E-state index contributed by atoms with van der Waals surface area (Å²) in [6, 6.07) is -1.48. The molecule has 3 aliphatic heterocycles. The number of amides is 2. The summed E-state index contributed by atoms with van der Waals surface area (Å²) in [5.74, 6) is -2.54. The SMILES string of the molecule is C=CCCCCOC(=O)[C@H]1[C@H]2C(=O)N([C@H](C)CO)C(C(=O)N(CC=C)CCCC)C23CC[C@]1(C)O3. The molecule has 3 rings (SSSR count). The van der Waals surface area contributed by atoms with E-state index in [1.165, 1.54) is 4.90 Å². The van der Waals surface area contributed by atoms with Crippen molar-refractivity contribution in [3.63, 3.8) is 0 Å². The average molecular weight is 491 g/mol. The number of hydrogen-bond donors (Lipinski definition) is 1. The molecule has 0 aromatic rings. The zero-order chi connectivity index (χ0) is 25.8. The van der Waals surface area contributed by atoms with Crippen LogP contribution < -0.4 is 0 Å². The predicted octanol–water partition coefficient (Wildman–Crippen LogP) is 2.85. The second-order valence-electron chi connectivity index (χ2n) is 10.4. The van der Waals surface area contributed by atoms with Crippen molar-refractivity contribution in [2.75, 3.05) is 26.3 Å². The van der Waals surface area contributed by atoms with Crippen LogP contribution in [0.4, 0.5) is 0 Å². The normalized spacial score (nSPS) is 31.8. The summed E-state index contributed by atoms with van der Waals surface area (Å²) in [4.78, 5) is 44.4. The van der Waals surface area contributed by atoms with Gasteiger partial charge in [0.05, 0.1) is 30.8 Å². The molecule has 3 aliphatic rings. The number of hydrogen-bond acceptors (Lipinski definition) is 6. The Morgan fingerprint density at radius 3 is 2.66 bits per heavy atom. The van der Waals surface area contributed by atoms with Gasteiger partial charge in [-0.15, -0.1) is 13.2 Å². The van der Waals surface area contributed by atoms with E-state index >= 15 is 0 Å². The zero-order valence-corrected chi connectivity index (χ0v) is 21.5. The lowest BCUT2D eigenvalue weighted by atomic mass is 9.66. The van der Waals surface area contributed by atoms with Gasteiger partial charge in [0.2, 0.25) is 11.8 Å². The van der Waals surface area contributed by atoms with Crippen molar-refractivity contribution < 1.29 is 29.0 Å². The highest BCUT2D eigenvalue weighted by Crippen LogP contribution is 2.63. The van der Waals surface area contributed by atoms with Gasteiger partial charge in [-0.3, -0.25) is 14.4 Å². The van der Waals surface area contributed by atoms with Crippen LogP contribution in [0.3, 0.4) is 0 Å². The number of rotatable bonds is 14. The fraction of sp³-hybridized carbons (Fsp3) is 0.741. The molecule has 3 fully saturated rings. The summed E-state index contributed by atoms with van der Waals surface area (Å²) in [7, 11) is 0. The van der Waals surface area contributed by atoms with Gasteiger partial charge in [-0.25, -0.2) is 0 Å². The molecule has 8 heteroatoms. The lowest BCUT2D eigenvalue weighted by Gasteiger charge is -2.38. The monoisotopic (exact) mass is 490 g/mol. The van der Waals surface area contributed by atoms with Crippen LogP contribution in [0.5, 0.6) is 0 Å². The first-order chi connectivity index (χ1) is 16.7. The Balaban J connectivity index is 1.94. The molecule has 2 amide bonds. The van der Waals surface area contributed by atoms with Gasteiger partial charge in [0.25, 0.3) is 0 Å². The highest BCUT2D eigenvalue weighted by atomic mass is 16.6. The summed E-state index contributed by atoms with van der Waals surface area (Å²) in [6.07, 6.45) is 8.76. The molecular weight excluding hydrogens is 448 g/mol. The molecule has 1 spiro atoms. The average Bonchev–Trinajstić information content (AvgIpc) is 3.41. The molecule has 0 aromatic heterocycles. The third-order valence-electron chi connectivity index (χ3n) is 7.93. The molecule has 0 aliphatic carbocycles. The largest absolute Gasteiger partial charge is 0.465 e. The molecule has 1 N–H and O–H groups in total. The highest BCUT2D eigenvalue weighted by Gasteiger charge is 2.78. The predicted molar refractivity (Wildman–Crippen MR) is 132 cm³/mol. The Morgan fingerprint density at radius 1 is 1.29 bits per heavy atom. The Kier molecular flexibility index (Phi) is 8.81. The highest BCUT2D eigenvalue weighted by molar-refractivity contribution is 5.98. The number of aliphatic hydroxyl groups is 1. The van der Waals surface area contributed by atoms with Crippen molar-refractivity contribution in [3.8, 4) is 0 Å². The Bertz CT molecular complexity index is 830. The first kappa shape index (κ1) is 27.4. The molecular formula is C27H42N2O6. The third kappa shape index (κ3) is 4.79. The third-order valence-corrected chi connectivity index (χ3v) is 7.93. The minimum Gasteiger partial charge on any atom is -0.465 e. The fourth-order valence-electron chi connectivity index (χ4n) is 6.19. The van der Waals surface area contributed by atoms with Crippen LogP contribution in [0.25, 0.3) is 0 Å². The Morgan fingerprint density at radius 2 is 2.03 bits per heavy atom. The minimum absolute atomic E-state index is 0.211. The summed E-state index contributed by atoms with van der Waals surface area (Å²) < 4.78 is 12.2. The van der Waals surface area contributed by atoms with E-state index in [-0.39, 0.29) is 25.0 Å². The smallest absolute Gasteiger partial charge is 0.312 e. The van der Waals surface area contributed by atoms with Crippen LogP contribution in [0.1, 0.15) is 65.7 Å². The van der Waals surface area contributed by atoms with Crippen molar-refractivity contribution in [1.29, 1.82) is 0 Å². The Labute approximate surface area is 209 Å². The number of carbonyl (C=O) groups excluding carboxylic acids is 3. The topological polar surface area (TPSA) is 96.4 Å². The molecule has 0 radical (unpaired) electrons. The van der Waals surface area contributed by atoms with E-state index in [1.54, 1.807) is 17.9 Å². The minimum atomic E-state index is -1.11. The number of esters is 1. The molecule has 0 saturated carbocycles. The first-order valence-electron chi connectivity index (χ1n) is 13.0. The molecule has 3 saturated heterocycles. The van der Waals surface area contributed by atoms with Crippen LogP contribution in [-0.2, 0) is 23.9 Å². The van der Waals surface area contributed by atoms with Crippen molar-refractivity contribution in [2.24, 2.45) is 11.8 Å². The van der Waals surface area contributed by atoms with Crippen molar-refractivity contribution in [3.05, 3.63) is 25.3 Å². The zero-order valence-electron chi connectivity index (χ0n) is 21.5. The van der Waals surface area contributed by atoms with Gasteiger partial charge in [0.1, 0.15) is 17.6 Å². The van der Waals surface area contributed by atoms with Gasteiger partial charge in [-0.1, -0.05) is 25.5 Å². The standard InChI is InChI=1S/C27H42N2O6/c1-6-9-11-12-17-34-25(33)21-20-23(31)29(19(4)18-30)22(27(20)14-13-26(21,5)35-27)24(32)28(15-8-3)16-10-7-2/h6,8,19-22,30H,1,3,7,9-18H2,2,4-5H3/t19-,20+,21-,22?,26+,27?/m1/s1. The maximum Gasteiger partial charge on any atom is 0.312 e. The number of unbranched alkanes of at least 4 members (excludes halogenated alkanes) is 3. The number of fused-ring (bicyclic) bond motifs is 1. The molecule has 6 atom stereocenters. The van der Waals surface area contributed by atoms with E-state index in [1.807, 2.05) is 13.0 Å². The van der Waals surface area contributed by atoms with Gasteiger partial charge in [0, 0.05) is 13.1 Å². The molecule has 8 nitrogen and oxygen atoms in total. The summed E-state index contributed by atoms with van der Waals surface area (Å²) in [6.45, 7) is 14.0. The second kappa shape index (κ2) is 11.2. The molecule has 2 unspecified atom stereocenters. The van der Waals surface area contributed by atoms with Crippen LogP contribution in [-0.4, -0.2) is 82.3 Å². The van der Waals surface area contributed by atoms with Crippen molar-refractivity contribution >= 4 is 17.8 Å². The van der Waals surface area contributed by atoms with E-state index in [2.05, 4.69) is 20.1 Å². The molecule has 0 aromatic carbocycles. The fourth-order valence-corrected chi connectivity index (χ4v) is 6.19. The van der Waals surface area contributed by atoms with E-state index in [9.17, 15) is 19.5 Å². The molecule has 196 valence electrons. The van der Waals surface area contributed by atoms with Crippen LogP contribution in [0, 0.1) is 11.8 Å². The van der Waals surface area contributed by atoms with Gasteiger partial charge >= 0.3 is 5.97 Å². The molecule has 35 heavy (non-hydrogen) atoms. The number of ether oxygens (including phenoxy) is 2. The lowest BCUT2D eigenvalue weighted by molar-refractivity contribution is -0.161. The molecule has 2 bridgehead atoms. The number of carbonyl (C=O) groups is 3. The van der Waals surface area contributed by atoms with E-state index in [4.69, 9.17) is 9.47 Å². The molecule has 3 heterocycles. The quantitative estimate of drug-likeness (QED) is 0.229. The number of allylic oxidation sites excluding steroid dienone is 1. The summed E-state index contributed by atoms with van der Waals surface area (Å²) in [5, 5.41) is 9.96. The lowest BCUT2D eigenvalue weighted by Crippen LogP contribution is -2.58. The number of likely N-dealkylation sites (tertiary alicyclic amines) is 1. The maximum absolute atomic E-state index is 14.0. The first-order valence-corrected chi connectivity index (χ1v) is 13.0. The van der Waals surface area contributed by atoms with Gasteiger partial charge in [-0.2, -0.15) is 0 Å². The number of aliphatic hydroxyl groups excluding tert-OH is 1. The van der Waals surface area contributed by atoms with E-state index in [0.29, 0.717) is 32.4 Å². The maximum atomic E-state index is 14.0. The van der Waals surface area contributed by atoms with Gasteiger partial charge < -0.3 is 24.4 Å². The second-order valence-corrected chi connectivity index (χ2v) is 10.4. The van der Waals surface area contributed by atoms with Crippen LogP contribution >= 0.6 is 0 Å². The summed E-state index contributed by atoms with van der Waals surface area (Å²) >= 11 is 0. The van der Waals surface area contributed by atoms with Crippen molar-refractivity contribution in [2.45, 2.75) is 89.0 Å². The Hall–Kier alpha value is -2.19. The van der Waals surface area contributed by atoms with E-state index < -0.39 is 41.1 Å². The summed E-state index contributed by atoms with van der Waals surface area (Å²) in [5.41, 5.74) is -1.97. The van der Waals surface area contributed by atoms with Crippen LogP contribution in [0.2, 0.25) is 0 Å². The number of nitrogens with zero attached hydrogens (tertiary/aromatic N) is 2. The van der Waals surface area contributed by atoms with Crippen LogP contribution in [0.15, 0.2) is 25.3 Å².